The molecule has 30 heavy (non-hydrogen) atoms. The number of fused-ring (bicyclic) bond motifs is 1. The largest absolute Gasteiger partial charge is 0.348 e. The van der Waals surface area contributed by atoms with Crippen LogP contribution in [0.1, 0.15) is 24.0 Å². The van der Waals surface area contributed by atoms with Crippen molar-refractivity contribution in [2.24, 2.45) is 0 Å². The average Bonchev–Trinajstić information content (AvgIpc) is 3.32. The summed E-state index contributed by atoms with van der Waals surface area (Å²) in [5.41, 5.74) is 2.68. The van der Waals surface area contributed by atoms with Crippen LogP contribution in [0, 0.1) is 0 Å². The Hall–Kier alpha value is -3.60. The van der Waals surface area contributed by atoms with Gasteiger partial charge >= 0.3 is 6.03 Å². The van der Waals surface area contributed by atoms with Crippen molar-refractivity contribution in [3.8, 4) is 0 Å². The predicted molar refractivity (Wildman–Crippen MR) is 121 cm³/mol. The second-order valence-electron chi connectivity index (χ2n) is 7.44. The van der Waals surface area contributed by atoms with Gasteiger partial charge in [0.25, 0.3) is 0 Å². The number of amides is 3. The van der Waals surface area contributed by atoms with Crippen LogP contribution in [-0.4, -0.2) is 29.9 Å². The topological polar surface area (TPSA) is 61.4 Å². The number of nitrogens with one attached hydrogen (secondary N) is 2. The number of likely N-dealkylation sites (tertiary alicyclic amines) is 1. The predicted octanol–water partition coefficient (Wildman–Crippen LogP) is 4.80. The maximum atomic E-state index is 12.3. The SMILES string of the molecule is O=C(C=Cc1cccc2ccccc12)NCc1cccc(NC(=O)N2CCCC2)c1. The smallest absolute Gasteiger partial charge is 0.321 e. The van der Waals surface area contributed by atoms with Crippen molar-refractivity contribution in [2.75, 3.05) is 18.4 Å². The monoisotopic (exact) mass is 399 g/mol. The third-order valence-electron chi connectivity index (χ3n) is 5.28. The Balaban J connectivity index is 1.34. The standard InChI is InChI=1S/C25H25N3O2/c29-24(14-13-21-10-6-9-20-8-1-2-12-23(20)21)26-18-19-7-5-11-22(17-19)27-25(30)28-15-3-4-16-28/h1-2,5-14,17H,3-4,15-16,18H2,(H,26,29)(H,27,30). The third-order valence-corrected chi connectivity index (χ3v) is 5.28. The molecule has 0 unspecified atom stereocenters. The van der Waals surface area contributed by atoms with Gasteiger partial charge in [0.15, 0.2) is 0 Å². The molecule has 0 bridgehead atoms. The highest BCUT2D eigenvalue weighted by atomic mass is 16.2. The number of hydrogen-bond donors (Lipinski definition) is 2. The van der Waals surface area contributed by atoms with Gasteiger partial charge in [-0.1, -0.05) is 54.6 Å². The van der Waals surface area contributed by atoms with Crippen molar-refractivity contribution in [1.82, 2.24) is 10.2 Å². The molecule has 152 valence electrons. The molecule has 0 spiro atoms. The van der Waals surface area contributed by atoms with Crippen LogP contribution < -0.4 is 10.6 Å². The van der Waals surface area contributed by atoms with Gasteiger partial charge in [-0.15, -0.1) is 0 Å². The van der Waals surface area contributed by atoms with Gasteiger partial charge in [-0.05, 0) is 52.9 Å². The van der Waals surface area contributed by atoms with E-state index in [9.17, 15) is 9.59 Å². The van der Waals surface area contributed by atoms with Crippen molar-refractivity contribution in [3.05, 3.63) is 83.9 Å². The van der Waals surface area contributed by atoms with E-state index in [1.165, 1.54) is 0 Å². The molecule has 5 nitrogen and oxygen atoms in total. The molecule has 1 heterocycles. The van der Waals surface area contributed by atoms with E-state index < -0.39 is 0 Å². The van der Waals surface area contributed by atoms with Gasteiger partial charge in [-0.3, -0.25) is 4.79 Å². The number of carbonyl (C=O) groups is 2. The average molecular weight is 399 g/mol. The van der Waals surface area contributed by atoms with Gasteiger partial charge < -0.3 is 15.5 Å². The molecule has 5 heteroatoms. The number of carbonyl (C=O) groups excluding carboxylic acids is 2. The van der Waals surface area contributed by atoms with Gasteiger partial charge in [0.1, 0.15) is 0 Å². The van der Waals surface area contributed by atoms with Crippen LogP contribution in [0.25, 0.3) is 16.8 Å². The zero-order valence-corrected chi connectivity index (χ0v) is 16.8. The second kappa shape index (κ2) is 9.27. The summed E-state index contributed by atoms with van der Waals surface area (Å²) in [5, 5.41) is 8.10. The van der Waals surface area contributed by atoms with Crippen molar-refractivity contribution in [3.63, 3.8) is 0 Å². The number of benzene rings is 3. The maximum Gasteiger partial charge on any atom is 0.321 e. The van der Waals surface area contributed by atoms with E-state index in [1.807, 2.05) is 59.5 Å². The van der Waals surface area contributed by atoms with E-state index in [4.69, 9.17) is 0 Å². The number of nitrogens with zero attached hydrogens (tertiary/aromatic N) is 1. The summed E-state index contributed by atoms with van der Waals surface area (Å²) >= 11 is 0. The fourth-order valence-electron chi connectivity index (χ4n) is 3.69. The quantitative estimate of drug-likeness (QED) is 0.606. The zero-order valence-electron chi connectivity index (χ0n) is 16.8. The maximum absolute atomic E-state index is 12.3. The van der Waals surface area contributed by atoms with Crippen molar-refractivity contribution < 1.29 is 9.59 Å². The van der Waals surface area contributed by atoms with Crippen LogP contribution >= 0.6 is 0 Å². The first-order valence-electron chi connectivity index (χ1n) is 10.3. The Morgan fingerprint density at radius 2 is 1.70 bits per heavy atom. The van der Waals surface area contributed by atoms with Gasteiger partial charge in [-0.2, -0.15) is 0 Å². The lowest BCUT2D eigenvalue weighted by atomic mass is 10.0. The summed E-state index contributed by atoms with van der Waals surface area (Å²) in [4.78, 5) is 26.4. The Labute approximate surface area is 176 Å². The summed E-state index contributed by atoms with van der Waals surface area (Å²) in [6, 6.07) is 21.7. The molecule has 1 saturated heterocycles. The van der Waals surface area contributed by atoms with Gasteiger partial charge in [-0.25, -0.2) is 4.79 Å². The highest BCUT2D eigenvalue weighted by molar-refractivity contribution is 5.96. The summed E-state index contributed by atoms with van der Waals surface area (Å²) in [7, 11) is 0. The number of hydrogen-bond acceptors (Lipinski definition) is 2. The van der Waals surface area contributed by atoms with Gasteiger partial charge in [0.05, 0.1) is 0 Å². The fraction of sp³-hybridized carbons (Fsp3) is 0.200. The molecule has 0 atom stereocenters. The van der Waals surface area contributed by atoms with Crippen molar-refractivity contribution in [1.29, 1.82) is 0 Å². The van der Waals surface area contributed by atoms with Crippen LogP contribution in [0.5, 0.6) is 0 Å². The molecular formula is C25H25N3O2. The molecule has 4 rings (SSSR count). The summed E-state index contributed by atoms with van der Waals surface area (Å²) in [5.74, 6) is -0.158. The summed E-state index contributed by atoms with van der Waals surface area (Å²) in [6.07, 6.45) is 5.52. The third kappa shape index (κ3) is 4.87. The van der Waals surface area contributed by atoms with Gasteiger partial charge in [0, 0.05) is 31.4 Å². The molecule has 3 amide bonds. The molecule has 3 aromatic carbocycles. The Morgan fingerprint density at radius 3 is 2.57 bits per heavy atom. The molecule has 1 aliphatic rings. The minimum absolute atomic E-state index is 0.0632. The molecule has 0 aliphatic carbocycles. The van der Waals surface area contributed by atoms with Crippen LogP contribution in [0.15, 0.2) is 72.8 Å². The molecule has 1 aliphatic heterocycles. The van der Waals surface area contributed by atoms with Crippen LogP contribution in [0.4, 0.5) is 10.5 Å². The molecule has 0 radical (unpaired) electrons. The van der Waals surface area contributed by atoms with Crippen LogP contribution in [0.2, 0.25) is 0 Å². The first kappa shape index (κ1) is 19.7. The first-order chi connectivity index (χ1) is 14.7. The molecule has 1 fully saturated rings. The van der Waals surface area contributed by atoms with Gasteiger partial charge in [0.2, 0.25) is 5.91 Å². The van der Waals surface area contributed by atoms with Crippen LogP contribution in [0.3, 0.4) is 0 Å². The van der Waals surface area contributed by atoms with Crippen LogP contribution in [-0.2, 0) is 11.3 Å². The fourth-order valence-corrected chi connectivity index (χ4v) is 3.69. The molecule has 0 aromatic heterocycles. The van der Waals surface area contributed by atoms with E-state index in [0.29, 0.717) is 6.54 Å². The highest BCUT2D eigenvalue weighted by Gasteiger charge is 2.17. The van der Waals surface area contributed by atoms with E-state index in [-0.39, 0.29) is 11.9 Å². The Bertz CT molecular complexity index is 1080. The highest BCUT2D eigenvalue weighted by Crippen LogP contribution is 2.19. The second-order valence-corrected chi connectivity index (χ2v) is 7.44. The zero-order chi connectivity index (χ0) is 20.8. The lowest BCUT2D eigenvalue weighted by Crippen LogP contribution is -2.32. The summed E-state index contributed by atoms with van der Waals surface area (Å²) < 4.78 is 0. The molecule has 2 N–H and O–H groups in total. The number of urea groups is 1. The molecular weight excluding hydrogens is 374 g/mol. The Morgan fingerprint density at radius 1 is 0.933 bits per heavy atom. The van der Waals surface area contributed by atoms with E-state index in [1.54, 1.807) is 6.08 Å². The van der Waals surface area contributed by atoms with E-state index in [2.05, 4.69) is 28.8 Å². The lowest BCUT2D eigenvalue weighted by molar-refractivity contribution is -0.116. The minimum atomic E-state index is -0.158. The summed E-state index contributed by atoms with van der Waals surface area (Å²) in [6.45, 7) is 2.02. The van der Waals surface area contributed by atoms with E-state index in [0.717, 1.165) is 53.5 Å². The lowest BCUT2D eigenvalue weighted by Gasteiger charge is -2.16. The first-order valence-corrected chi connectivity index (χ1v) is 10.3. The normalized spacial score (nSPS) is 13.7. The number of rotatable bonds is 5. The van der Waals surface area contributed by atoms with Crippen molar-refractivity contribution >= 4 is 34.5 Å². The number of anilines is 1. The van der Waals surface area contributed by atoms with E-state index >= 15 is 0 Å². The molecule has 3 aromatic rings. The minimum Gasteiger partial charge on any atom is -0.348 e. The Kier molecular flexibility index (Phi) is 6.09. The molecule has 0 saturated carbocycles. The van der Waals surface area contributed by atoms with Crippen molar-refractivity contribution in [2.45, 2.75) is 19.4 Å².